The minimum absolute atomic E-state index is 2.72. The van der Waals surface area contributed by atoms with E-state index in [-0.39, 0.29) is 0 Å². The van der Waals surface area contributed by atoms with Crippen LogP contribution in [0.1, 0.15) is 5.56 Å². The van der Waals surface area contributed by atoms with Crippen LogP contribution in [0.15, 0.2) is 0 Å². The molecule has 1 aromatic carbocycles. The maximum Gasteiger partial charge on any atom is 0.374 e. The van der Waals surface area contributed by atoms with Crippen LogP contribution in [0.3, 0.4) is 0 Å². The first-order valence-electron chi connectivity index (χ1n) is 4.53. The number of aliphatic hydroxyl groups is 1. The molecule has 1 rings (SSSR count). The average Bonchev–Trinajstić information content (AvgIpc) is 2.31. The molecular formula is C7H5F5O7P2. The molecule has 0 unspecified atom stereocenters. The Morgan fingerprint density at radius 2 is 0.905 bits per heavy atom. The fraction of sp³-hybridized carbons (Fsp3) is 0.143. The molecule has 0 bridgehead atoms. The third kappa shape index (κ3) is 2.53. The highest BCUT2D eigenvalue weighted by Gasteiger charge is 2.64. The van der Waals surface area contributed by atoms with E-state index in [9.17, 15) is 36.2 Å². The van der Waals surface area contributed by atoms with E-state index in [1.165, 1.54) is 0 Å². The molecule has 0 atom stereocenters. The zero-order chi connectivity index (χ0) is 17.0. The minimum Gasteiger partial charge on any atom is -0.364 e. The highest BCUT2D eigenvalue weighted by Crippen LogP contribution is 2.73. The van der Waals surface area contributed by atoms with E-state index in [0.29, 0.717) is 0 Å². The van der Waals surface area contributed by atoms with Gasteiger partial charge < -0.3 is 24.7 Å². The van der Waals surface area contributed by atoms with Gasteiger partial charge in [-0.15, -0.1) is 0 Å². The molecule has 0 saturated carbocycles. The van der Waals surface area contributed by atoms with Crippen LogP contribution in [0.2, 0.25) is 0 Å². The van der Waals surface area contributed by atoms with Crippen molar-refractivity contribution in [3.63, 3.8) is 0 Å². The van der Waals surface area contributed by atoms with E-state index in [1.54, 1.807) is 0 Å². The third-order valence-corrected chi connectivity index (χ3v) is 5.99. The molecule has 0 aliphatic heterocycles. The quantitative estimate of drug-likeness (QED) is 0.234. The molecule has 0 fully saturated rings. The molecule has 21 heavy (non-hydrogen) atoms. The fourth-order valence-corrected chi connectivity index (χ4v) is 3.69. The lowest BCUT2D eigenvalue weighted by Gasteiger charge is -2.30. The summed E-state index contributed by atoms with van der Waals surface area (Å²) in [4.78, 5) is 34.9. The second-order valence-electron chi connectivity index (χ2n) is 3.67. The maximum absolute atomic E-state index is 13.4. The Kier molecular flexibility index (Phi) is 4.41. The number of hydrogen-bond acceptors (Lipinski definition) is 3. The predicted octanol–water partition coefficient (Wildman–Crippen LogP) is 0.840. The van der Waals surface area contributed by atoms with Crippen molar-refractivity contribution in [2.75, 3.05) is 0 Å². The molecule has 1 aromatic rings. The van der Waals surface area contributed by atoms with Crippen molar-refractivity contribution in [2.24, 2.45) is 0 Å². The Morgan fingerprint density at radius 3 is 1.14 bits per heavy atom. The van der Waals surface area contributed by atoms with Crippen molar-refractivity contribution in [1.29, 1.82) is 0 Å². The highest BCUT2D eigenvalue weighted by atomic mass is 31.2. The van der Waals surface area contributed by atoms with Gasteiger partial charge in [0.05, 0.1) is 5.56 Å². The van der Waals surface area contributed by atoms with Crippen LogP contribution >= 0.6 is 15.2 Å². The molecule has 0 amide bonds. The van der Waals surface area contributed by atoms with Gasteiger partial charge in [0.25, 0.3) is 5.08 Å². The summed E-state index contributed by atoms with van der Waals surface area (Å²) in [5, 5.41) is 4.45. The monoisotopic (exact) mass is 358 g/mol. The Bertz CT molecular complexity index is 644. The molecule has 14 heteroatoms. The number of halogens is 5. The molecule has 0 aromatic heterocycles. The van der Waals surface area contributed by atoms with Gasteiger partial charge in [0.15, 0.2) is 23.3 Å². The SMILES string of the molecule is O=P(O)(O)C(O)(c1c(F)c(F)c(F)c(F)c1F)P(=O)(O)O. The zero-order valence-electron chi connectivity index (χ0n) is 9.34. The van der Waals surface area contributed by atoms with Gasteiger partial charge in [-0.3, -0.25) is 9.13 Å². The fourth-order valence-electron chi connectivity index (χ4n) is 1.36. The van der Waals surface area contributed by atoms with Gasteiger partial charge in [-0.05, 0) is 0 Å². The number of hydrogen-bond donors (Lipinski definition) is 5. The van der Waals surface area contributed by atoms with Gasteiger partial charge in [0, 0.05) is 0 Å². The summed E-state index contributed by atoms with van der Waals surface area (Å²) in [5.74, 6) is -14.2. The lowest BCUT2D eigenvalue weighted by molar-refractivity contribution is 0.121. The summed E-state index contributed by atoms with van der Waals surface area (Å²) in [6.45, 7) is 0. The summed E-state index contributed by atoms with van der Waals surface area (Å²) in [7, 11) is -13.0. The molecule has 0 heterocycles. The molecule has 5 N–H and O–H groups in total. The molecule has 0 saturated heterocycles. The van der Waals surface area contributed by atoms with Crippen LogP contribution in [0.25, 0.3) is 0 Å². The van der Waals surface area contributed by atoms with E-state index < -0.39 is 54.9 Å². The first-order chi connectivity index (χ1) is 9.18. The van der Waals surface area contributed by atoms with Crippen LogP contribution in [-0.4, -0.2) is 24.7 Å². The molecule has 0 radical (unpaired) electrons. The molecule has 0 aliphatic carbocycles. The standard InChI is InChI=1S/C7H5F5O7P2/c8-2-1(3(9)5(11)6(12)4(2)10)7(13,20(14,15)16)21(17,18)19/h13H,(H2,14,15,16)(H2,17,18,19). The van der Waals surface area contributed by atoms with Gasteiger partial charge in [-0.2, -0.15) is 0 Å². The van der Waals surface area contributed by atoms with Crippen molar-refractivity contribution in [2.45, 2.75) is 5.08 Å². The summed E-state index contributed by atoms with van der Waals surface area (Å²) in [6.07, 6.45) is 0. The van der Waals surface area contributed by atoms with Crippen molar-refractivity contribution < 1.29 is 55.8 Å². The van der Waals surface area contributed by atoms with Crippen molar-refractivity contribution in [3.8, 4) is 0 Å². The second kappa shape index (κ2) is 5.10. The first kappa shape index (κ1) is 18.2. The van der Waals surface area contributed by atoms with Crippen molar-refractivity contribution in [3.05, 3.63) is 34.6 Å². The van der Waals surface area contributed by atoms with Gasteiger partial charge in [0.1, 0.15) is 0 Å². The normalized spacial score (nSPS) is 13.6. The molecule has 0 aliphatic rings. The second-order valence-corrected chi connectivity index (χ2v) is 7.49. The summed E-state index contributed by atoms with van der Waals surface area (Å²) in [6, 6.07) is 0. The van der Waals surface area contributed by atoms with E-state index in [0.717, 1.165) is 0 Å². The molecule has 7 nitrogen and oxygen atoms in total. The van der Waals surface area contributed by atoms with Gasteiger partial charge in [0.2, 0.25) is 5.82 Å². The van der Waals surface area contributed by atoms with Crippen LogP contribution in [-0.2, 0) is 14.2 Å². The van der Waals surface area contributed by atoms with Crippen molar-refractivity contribution in [1.82, 2.24) is 0 Å². The lowest BCUT2D eigenvalue weighted by atomic mass is 10.1. The largest absolute Gasteiger partial charge is 0.374 e. The summed E-state index contributed by atoms with van der Waals surface area (Å²) >= 11 is 0. The van der Waals surface area contributed by atoms with Crippen LogP contribution < -0.4 is 0 Å². The number of rotatable bonds is 3. The minimum atomic E-state index is -6.48. The Morgan fingerprint density at radius 1 is 0.667 bits per heavy atom. The summed E-state index contributed by atoms with van der Waals surface area (Å²) in [5.41, 5.74) is -2.72. The smallest absolute Gasteiger partial charge is 0.364 e. The van der Waals surface area contributed by atoms with Crippen molar-refractivity contribution >= 4 is 15.2 Å². The van der Waals surface area contributed by atoms with Gasteiger partial charge >= 0.3 is 15.2 Å². The van der Waals surface area contributed by atoms with Gasteiger partial charge in [-0.1, -0.05) is 0 Å². The van der Waals surface area contributed by atoms with Gasteiger partial charge in [-0.25, -0.2) is 22.0 Å². The topological polar surface area (TPSA) is 135 Å². The van der Waals surface area contributed by atoms with E-state index in [2.05, 4.69) is 0 Å². The van der Waals surface area contributed by atoms with Crippen LogP contribution in [0.5, 0.6) is 0 Å². The summed E-state index contributed by atoms with van der Waals surface area (Å²) < 4.78 is 87.4. The molecule has 0 spiro atoms. The first-order valence-corrected chi connectivity index (χ1v) is 7.76. The molecular weight excluding hydrogens is 353 g/mol. The molecule has 120 valence electrons. The lowest BCUT2D eigenvalue weighted by Crippen LogP contribution is -2.30. The Hall–Kier alpha value is -0.870. The van der Waals surface area contributed by atoms with Crippen LogP contribution in [0.4, 0.5) is 22.0 Å². The average molecular weight is 358 g/mol. The predicted molar refractivity (Wildman–Crippen MR) is 54.2 cm³/mol. The van der Waals surface area contributed by atoms with E-state index in [1.807, 2.05) is 0 Å². The van der Waals surface area contributed by atoms with E-state index >= 15 is 0 Å². The number of benzene rings is 1. The maximum atomic E-state index is 13.4. The zero-order valence-corrected chi connectivity index (χ0v) is 11.1. The highest BCUT2D eigenvalue weighted by molar-refractivity contribution is 7.71. The third-order valence-electron chi connectivity index (χ3n) is 2.36. The van der Waals surface area contributed by atoms with E-state index in [4.69, 9.17) is 19.6 Å². The van der Waals surface area contributed by atoms with Crippen LogP contribution in [0, 0.1) is 29.1 Å². The Labute approximate surface area is 112 Å². The Balaban J connectivity index is 4.05.